The Bertz CT molecular complexity index is 704. The van der Waals surface area contributed by atoms with E-state index < -0.39 is 15.7 Å². The predicted octanol–water partition coefficient (Wildman–Crippen LogP) is 2.28. The third kappa shape index (κ3) is 4.05. The van der Waals surface area contributed by atoms with Gasteiger partial charge in [0.15, 0.2) is 0 Å². The number of likely N-dealkylation sites (tertiary alicyclic amines) is 1. The summed E-state index contributed by atoms with van der Waals surface area (Å²) in [6, 6.07) is 7.03. The van der Waals surface area contributed by atoms with E-state index in [1.165, 1.54) is 4.31 Å². The van der Waals surface area contributed by atoms with E-state index in [2.05, 4.69) is 4.90 Å². The maximum atomic E-state index is 14.7. The van der Waals surface area contributed by atoms with Gasteiger partial charge in [-0.15, -0.1) is 0 Å². The minimum absolute atomic E-state index is 0.00877. The van der Waals surface area contributed by atoms with Crippen molar-refractivity contribution in [1.29, 1.82) is 0 Å². The molecule has 1 aromatic rings. The van der Waals surface area contributed by atoms with Crippen LogP contribution in [0.2, 0.25) is 0 Å². The van der Waals surface area contributed by atoms with Gasteiger partial charge in [0, 0.05) is 32.7 Å². The highest BCUT2D eigenvalue weighted by atomic mass is 32.2. The third-order valence-corrected chi connectivity index (χ3v) is 7.17. The Balaban J connectivity index is 1.72. The first kappa shape index (κ1) is 18.8. The molecule has 2 aliphatic rings. The number of alkyl halides is 1. The Labute approximate surface area is 149 Å². The van der Waals surface area contributed by atoms with Crippen LogP contribution in [0, 0.1) is 5.92 Å². The van der Waals surface area contributed by atoms with Crippen LogP contribution in [0.5, 0.6) is 0 Å². The molecule has 0 radical (unpaired) electrons. The SMILES string of the molecule is CC(C)C1(F)CCN(Cc2cccc(S(=O)(=O)N3CCOCC3)c2)C1. The zero-order valence-electron chi connectivity index (χ0n) is 14.9. The van der Waals surface area contributed by atoms with Gasteiger partial charge < -0.3 is 4.74 Å². The van der Waals surface area contributed by atoms with Crippen molar-refractivity contribution in [1.82, 2.24) is 9.21 Å². The summed E-state index contributed by atoms with van der Waals surface area (Å²) in [5, 5.41) is 0. The van der Waals surface area contributed by atoms with Crippen molar-refractivity contribution < 1.29 is 17.5 Å². The smallest absolute Gasteiger partial charge is 0.243 e. The summed E-state index contributed by atoms with van der Waals surface area (Å²) in [6.45, 7) is 7.15. The van der Waals surface area contributed by atoms with Crippen molar-refractivity contribution in [2.45, 2.75) is 37.4 Å². The largest absolute Gasteiger partial charge is 0.379 e. The number of hydrogen-bond donors (Lipinski definition) is 0. The molecule has 2 fully saturated rings. The van der Waals surface area contributed by atoms with Crippen LogP contribution in [0.4, 0.5) is 4.39 Å². The second-order valence-corrected chi connectivity index (χ2v) is 9.25. The summed E-state index contributed by atoms with van der Waals surface area (Å²) in [5.41, 5.74) is -0.236. The lowest BCUT2D eigenvalue weighted by molar-refractivity contribution is 0.0730. The molecule has 5 nitrogen and oxygen atoms in total. The normalized spacial score (nSPS) is 26.4. The molecule has 1 atom stereocenters. The highest BCUT2D eigenvalue weighted by Crippen LogP contribution is 2.33. The highest BCUT2D eigenvalue weighted by molar-refractivity contribution is 7.89. The molecule has 3 rings (SSSR count). The summed E-state index contributed by atoms with van der Waals surface area (Å²) in [6.07, 6.45) is 0.538. The molecule has 1 unspecified atom stereocenters. The molecule has 0 N–H and O–H groups in total. The van der Waals surface area contributed by atoms with Gasteiger partial charge in [-0.05, 0) is 30.0 Å². The Morgan fingerprint density at radius 2 is 1.96 bits per heavy atom. The van der Waals surface area contributed by atoms with E-state index >= 15 is 0 Å². The van der Waals surface area contributed by atoms with Crippen LogP contribution in [0.15, 0.2) is 29.2 Å². The molecular formula is C18H27FN2O3S. The Hall–Kier alpha value is -1.02. The van der Waals surface area contributed by atoms with Gasteiger partial charge in [0.05, 0.1) is 18.1 Å². The molecule has 0 saturated carbocycles. The number of hydrogen-bond acceptors (Lipinski definition) is 4. The van der Waals surface area contributed by atoms with Crippen molar-refractivity contribution in [3.63, 3.8) is 0 Å². The number of halogens is 1. The molecule has 0 aliphatic carbocycles. The van der Waals surface area contributed by atoms with E-state index in [0.29, 0.717) is 57.3 Å². The molecular weight excluding hydrogens is 343 g/mol. The number of benzene rings is 1. The first-order chi connectivity index (χ1) is 11.8. The summed E-state index contributed by atoms with van der Waals surface area (Å²) >= 11 is 0. The molecule has 7 heteroatoms. The Kier molecular flexibility index (Phi) is 5.48. The lowest BCUT2D eigenvalue weighted by Crippen LogP contribution is -2.40. The van der Waals surface area contributed by atoms with Crippen LogP contribution >= 0.6 is 0 Å². The number of morpholine rings is 1. The number of ether oxygens (including phenoxy) is 1. The maximum Gasteiger partial charge on any atom is 0.243 e. The van der Waals surface area contributed by atoms with E-state index in [0.717, 1.165) is 5.56 Å². The summed E-state index contributed by atoms with van der Waals surface area (Å²) in [7, 11) is -3.49. The van der Waals surface area contributed by atoms with E-state index in [-0.39, 0.29) is 5.92 Å². The number of nitrogens with zero attached hydrogens (tertiary/aromatic N) is 2. The minimum atomic E-state index is -3.49. The van der Waals surface area contributed by atoms with Crippen LogP contribution in [0.3, 0.4) is 0 Å². The zero-order chi connectivity index (χ0) is 18.1. The molecule has 2 heterocycles. The van der Waals surface area contributed by atoms with Gasteiger partial charge in [0.1, 0.15) is 5.67 Å². The van der Waals surface area contributed by atoms with E-state index in [1.54, 1.807) is 18.2 Å². The van der Waals surface area contributed by atoms with Crippen LogP contribution < -0.4 is 0 Å². The molecule has 140 valence electrons. The van der Waals surface area contributed by atoms with Crippen LogP contribution in [0.25, 0.3) is 0 Å². The second kappa shape index (κ2) is 7.31. The Morgan fingerprint density at radius 1 is 1.24 bits per heavy atom. The first-order valence-electron chi connectivity index (χ1n) is 8.89. The van der Waals surface area contributed by atoms with Crippen molar-refractivity contribution in [2.75, 3.05) is 39.4 Å². The lowest BCUT2D eigenvalue weighted by Gasteiger charge is -2.26. The van der Waals surface area contributed by atoms with Crippen molar-refractivity contribution >= 4 is 10.0 Å². The van der Waals surface area contributed by atoms with Gasteiger partial charge in [-0.25, -0.2) is 12.8 Å². The van der Waals surface area contributed by atoms with Crippen LogP contribution in [-0.2, 0) is 21.3 Å². The number of sulfonamides is 1. The summed E-state index contributed by atoms with van der Waals surface area (Å²) < 4.78 is 47.0. The summed E-state index contributed by atoms with van der Waals surface area (Å²) in [5.74, 6) is -0.00877. The first-order valence-corrected chi connectivity index (χ1v) is 10.3. The molecule has 1 aromatic carbocycles. The van der Waals surface area contributed by atoms with Gasteiger partial charge >= 0.3 is 0 Å². The third-order valence-electron chi connectivity index (χ3n) is 5.28. The average Bonchev–Trinajstić information content (AvgIpc) is 2.98. The van der Waals surface area contributed by atoms with Crippen LogP contribution in [-0.4, -0.2) is 62.7 Å². The molecule has 0 spiro atoms. The quantitative estimate of drug-likeness (QED) is 0.798. The van der Waals surface area contributed by atoms with Crippen molar-refractivity contribution in [3.8, 4) is 0 Å². The van der Waals surface area contributed by atoms with E-state index in [9.17, 15) is 12.8 Å². The van der Waals surface area contributed by atoms with Gasteiger partial charge in [0.25, 0.3) is 0 Å². The van der Waals surface area contributed by atoms with Gasteiger partial charge in [-0.1, -0.05) is 26.0 Å². The maximum absolute atomic E-state index is 14.7. The molecule has 0 bridgehead atoms. The monoisotopic (exact) mass is 370 g/mol. The lowest BCUT2D eigenvalue weighted by atomic mass is 9.92. The van der Waals surface area contributed by atoms with E-state index in [4.69, 9.17) is 4.74 Å². The average molecular weight is 370 g/mol. The zero-order valence-corrected chi connectivity index (χ0v) is 15.8. The molecule has 2 aliphatic heterocycles. The van der Waals surface area contributed by atoms with E-state index in [1.807, 2.05) is 19.9 Å². The second-order valence-electron chi connectivity index (χ2n) is 7.31. The number of rotatable bonds is 5. The minimum Gasteiger partial charge on any atom is -0.379 e. The fourth-order valence-electron chi connectivity index (χ4n) is 3.48. The molecule has 0 aromatic heterocycles. The van der Waals surface area contributed by atoms with Gasteiger partial charge in [0.2, 0.25) is 10.0 Å². The topological polar surface area (TPSA) is 49.9 Å². The fraction of sp³-hybridized carbons (Fsp3) is 0.667. The van der Waals surface area contributed by atoms with Crippen LogP contribution in [0.1, 0.15) is 25.8 Å². The fourth-order valence-corrected chi connectivity index (χ4v) is 4.96. The Morgan fingerprint density at radius 3 is 2.60 bits per heavy atom. The summed E-state index contributed by atoms with van der Waals surface area (Å²) in [4.78, 5) is 2.38. The standard InChI is InChI=1S/C18H27FN2O3S/c1-15(2)18(19)6-7-20(14-18)13-16-4-3-5-17(12-16)25(22,23)21-8-10-24-11-9-21/h3-5,12,15H,6-11,13-14H2,1-2H3. The van der Waals surface area contributed by atoms with Gasteiger partial charge in [-0.2, -0.15) is 4.31 Å². The molecule has 0 amide bonds. The van der Waals surface area contributed by atoms with Crippen molar-refractivity contribution in [2.24, 2.45) is 5.92 Å². The predicted molar refractivity (Wildman–Crippen MR) is 94.6 cm³/mol. The molecule has 25 heavy (non-hydrogen) atoms. The highest BCUT2D eigenvalue weighted by Gasteiger charge is 2.40. The van der Waals surface area contributed by atoms with Gasteiger partial charge in [-0.3, -0.25) is 4.90 Å². The van der Waals surface area contributed by atoms with Crippen molar-refractivity contribution in [3.05, 3.63) is 29.8 Å². The molecule has 2 saturated heterocycles.